The molecular weight excluding hydrogens is 342 g/mol. The van der Waals surface area contributed by atoms with Gasteiger partial charge in [-0.15, -0.1) is 0 Å². The van der Waals surface area contributed by atoms with Crippen LogP contribution < -0.4 is 10.1 Å². The van der Waals surface area contributed by atoms with Gasteiger partial charge in [0.2, 0.25) is 6.41 Å². The summed E-state index contributed by atoms with van der Waals surface area (Å²) in [5, 5.41) is 2.51. The smallest absolute Gasteiger partial charge is 0.207 e. The Balaban J connectivity index is 1.78. The zero-order chi connectivity index (χ0) is 18.7. The number of hydrogen-bond acceptors (Lipinski definition) is 7. The third-order valence-corrected chi connectivity index (χ3v) is 3.10. The first kappa shape index (κ1) is 22.0. The molecule has 0 radical (unpaired) electrons. The topological polar surface area (TPSA) is 92.3 Å². The van der Waals surface area contributed by atoms with Crippen molar-refractivity contribution in [3.8, 4) is 5.75 Å². The van der Waals surface area contributed by atoms with Gasteiger partial charge in [0, 0.05) is 12.1 Å². The predicted octanol–water partition coefficient (Wildman–Crippen LogP) is 0.690. The van der Waals surface area contributed by atoms with Crippen molar-refractivity contribution >= 4 is 12.7 Å². The lowest BCUT2D eigenvalue weighted by Gasteiger charge is -2.08. The Morgan fingerprint density at radius 3 is 1.69 bits per heavy atom. The lowest BCUT2D eigenvalue weighted by atomic mass is 10.2. The Labute approximate surface area is 153 Å². The first-order chi connectivity index (χ1) is 12.9. The molecule has 8 heteroatoms. The van der Waals surface area contributed by atoms with E-state index in [4.69, 9.17) is 23.7 Å². The van der Waals surface area contributed by atoms with Crippen LogP contribution in [0, 0.1) is 0 Å². The molecule has 0 aliphatic carbocycles. The summed E-state index contributed by atoms with van der Waals surface area (Å²) in [4.78, 5) is 20.5. The van der Waals surface area contributed by atoms with Crippen molar-refractivity contribution in [1.29, 1.82) is 0 Å². The van der Waals surface area contributed by atoms with E-state index in [1.54, 1.807) is 24.3 Å². The van der Waals surface area contributed by atoms with Gasteiger partial charge in [-0.2, -0.15) is 0 Å². The van der Waals surface area contributed by atoms with Crippen LogP contribution in [-0.4, -0.2) is 78.7 Å². The van der Waals surface area contributed by atoms with Gasteiger partial charge in [-0.25, -0.2) is 0 Å². The minimum absolute atomic E-state index is 0.436. The number of amides is 1. The van der Waals surface area contributed by atoms with E-state index >= 15 is 0 Å². The standard InChI is InChI=1S/C18H27NO7/c20-15-17-1-3-18(4-2-17)26-14-13-25-12-11-24-10-9-23-8-7-22-6-5-19-16-21/h1-4,15-16H,5-14H2,(H,19,21). The monoisotopic (exact) mass is 369 g/mol. The van der Waals surface area contributed by atoms with Gasteiger partial charge in [0.25, 0.3) is 0 Å². The molecule has 8 nitrogen and oxygen atoms in total. The molecule has 0 bridgehead atoms. The third-order valence-electron chi connectivity index (χ3n) is 3.10. The van der Waals surface area contributed by atoms with E-state index in [-0.39, 0.29) is 0 Å². The molecule has 0 atom stereocenters. The highest BCUT2D eigenvalue weighted by Gasteiger charge is 1.96. The first-order valence-electron chi connectivity index (χ1n) is 8.53. The van der Waals surface area contributed by atoms with Crippen molar-refractivity contribution in [2.45, 2.75) is 0 Å². The lowest BCUT2D eigenvalue weighted by molar-refractivity contribution is -0.109. The summed E-state index contributed by atoms with van der Waals surface area (Å²) in [6, 6.07) is 6.91. The molecule has 0 unspecified atom stereocenters. The van der Waals surface area contributed by atoms with Crippen LogP contribution in [0.2, 0.25) is 0 Å². The van der Waals surface area contributed by atoms with E-state index in [1.807, 2.05) is 0 Å². The average molecular weight is 369 g/mol. The number of carbonyl (C=O) groups is 2. The summed E-state index contributed by atoms with van der Waals surface area (Å²) >= 11 is 0. The molecule has 1 N–H and O–H groups in total. The first-order valence-corrected chi connectivity index (χ1v) is 8.53. The molecule has 26 heavy (non-hydrogen) atoms. The highest BCUT2D eigenvalue weighted by Crippen LogP contribution is 2.10. The maximum absolute atomic E-state index is 10.5. The van der Waals surface area contributed by atoms with Gasteiger partial charge in [0.1, 0.15) is 18.6 Å². The van der Waals surface area contributed by atoms with Gasteiger partial charge < -0.3 is 29.0 Å². The Morgan fingerprint density at radius 1 is 0.692 bits per heavy atom. The molecule has 1 aromatic rings. The number of carbonyl (C=O) groups excluding carboxylic acids is 2. The summed E-state index contributed by atoms with van der Waals surface area (Å²) in [5.41, 5.74) is 0.620. The van der Waals surface area contributed by atoms with Crippen molar-refractivity contribution in [2.75, 3.05) is 66.0 Å². The molecule has 1 rings (SSSR count). The highest BCUT2D eigenvalue weighted by atomic mass is 16.6. The zero-order valence-corrected chi connectivity index (χ0v) is 14.9. The molecule has 0 spiro atoms. The Bertz CT molecular complexity index is 467. The fourth-order valence-electron chi connectivity index (χ4n) is 1.81. The van der Waals surface area contributed by atoms with E-state index in [0.717, 1.165) is 6.29 Å². The number of ether oxygens (including phenoxy) is 5. The van der Waals surface area contributed by atoms with Crippen molar-refractivity contribution in [3.05, 3.63) is 29.8 Å². The third kappa shape index (κ3) is 12.4. The quantitative estimate of drug-likeness (QED) is 0.301. The maximum atomic E-state index is 10.5. The van der Waals surface area contributed by atoms with Gasteiger partial charge in [0.15, 0.2) is 0 Å². The van der Waals surface area contributed by atoms with Crippen LogP contribution >= 0.6 is 0 Å². The van der Waals surface area contributed by atoms with E-state index in [1.165, 1.54) is 0 Å². The van der Waals surface area contributed by atoms with Crippen LogP contribution in [0.15, 0.2) is 24.3 Å². The van der Waals surface area contributed by atoms with Gasteiger partial charge in [-0.3, -0.25) is 9.59 Å². The Morgan fingerprint density at radius 2 is 1.19 bits per heavy atom. The molecule has 0 aliphatic heterocycles. The molecule has 0 saturated carbocycles. The zero-order valence-electron chi connectivity index (χ0n) is 14.9. The molecule has 0 aromatic heterocycles. The summed E-state index contributed by atoms with van der Waals surface area (Å²) in [7, 11) is 0. The minimum atomic E-state index is 0.436. The van der Waals surface area contributed by atoms with E-state index < -0.39 is 0 Å². The van der Waals surface area contributed by atoms with Crippen molar-refractivity contribution in [2.24, 2.45) is 0 Å². The predicted molar refractivity (Wildman–Crippen MR) is 94.7 cm³/mol. The van der Waals surface area contributed by atoms with E-state index in [2.05, 4.69) is 5.32 Å². The van der Waals surface area contributed by atoms with Crippen LogP contribution in [0.1, 0.15) is 10.4 Å². The summed E-state index contributed by atoms with van der Waals surface area (Å²) in [6.07, 6.45) is 1.43. The van der Waals surface area contributed by atoms with Gasteiger partial charge >= 0.3 is 0 Å². The fraction of sp³-hybridized carbons (Fsp3) is 0.556. The number of aldehydes is 1. The molecule has 0 fully saturated rings. The largest absolute Gasteiger partial charge is 0.491 e. The molecule has 0 heterocycles. The van der Waals surface area contributed by atoms with Crippen LogP contribution in [-0.2, 0) is 23.7 Å². The van der Waals surface area contributed by atoms with E-state index in [0.29, 0.717) is 83.7 Å². The lowest BCUT2D eigenvalue weighted by Crippen LogP contribution is -2.19. The summed E-state index contributed by atoms with van der Waals surface area (Å²) < 4.78 is 26.8. The molecule has 1 amide bonds. The second-order valence-electron chi connectivity index (χ2n) is 5.06. The molecule has 1 aromatic carbocycles. The van der Waals surface area contributed by atoms with Crippen molar-refractivity contribution in [3.63, 3.8) is 0 Å². The van der Waals surface area contributed by atoms with Gasteiger partial charge in [-0.1, -0.05) is 0 Å². The van der Waals surface area contributed by atoms with Gasteiger partial charge in [0.05, 0.1) is 52.9 Å². The number of hydrogen-bond donors (Lipinski definition) is 1. The Kier molecular flexibility index (Phi) is 14.0. The SMILES string of the molecule is O=CNCCOCCOCCOCCOCCOc1ccc(C=O)cc1. The Hall–Kier alpha value is -2.00. The second-order valence-corrected chi connectivity index (χ2v) is 5.06. The van der Waals surface area contributed by atoms with Crippen LogP contribution in [0.25, 0.3) is 0 Å². The average Bonchev–Trinajstić information content (AvgIpc) is 2.68. The van der Waals surface area contributed by atoms with Crippen LogP contribution in [0.4, 0.5) is 0 Å². The van der Waals surface area contributed by atoms with Crippen LogP contribution in [0.5, 0.6) is 5.75 Å². The summed E-state index contributed by atoms with van der Waals surface area (Å²) in [6.45, 7) is 4.83. The number of benzene rings is 1. The van der Waals surface area contributed by atoms with Crippen molar-refractivity contribution in [1.82, 2.24) is 5.32 Å². The molecule has 146 valence electrons. The van der Waals surface area contributed by atoms with Gasteiger partial charge in [-0.05, 0) is 24.3 Å². The van der Waals surface area contributed by atoms with E-state index in [9.17, 15) is 9.59 Å². The molecule has 0 saturated heterocycles. The maximum Gasteiger partial charge on any atom is 0.207 e. The summed E-state index contributed by atoms with van der Waals surface area (Å²) in [5.74, 6) is 0.705. The van der Waals surface area contributed by atoms with Crippen LogP contribution in [0.3, 0.4) is 0 Å². The normalized spacial score (nSPS) is 10.5. The molecular formula is C18H27NO7. The van der Waals surface area contributed by atoms with Crippen molar-refractivity contribution < 1.29 is 33.3 Å². The number of rotatable bonds is 18. The second kappa shape index (κ2) is 16.5. The highest BCUT2D eigenvalue weighted by molar-refractivity contribution is 5.74. The fourth-order valence-corrected chi connectivity index (χ4v) is 1.81. The minimum Gasteiger partial charge on any atom is -0.491 e. The molecule has 0 aliphatic rings. The number of nitrogens with one attached hydrogen (secondary N) is 1.